The predicted molar refractivity (Wildman–Crippen MR) is 39.5 cm³/mol. The first-order chi connectivity index (χ1) is 6.11. The number of hydrogen-bond acceptors (Lipinski definition) is 3. The van der Waals surface area contributed by atoms with Crippen LogP contribution in [0.5, 0.6) is 11.5 Å². The summed E-state index contributed by atoms with van der Waals surface area (Å²) in [5.41, 5.74) is 0.0654. The minimum absolute atomic E-state index is 0.0654. The van der Waals surface area contributed by atoms with Crippen LogP contribution in [0.1, 0.15) is 5.56 Å². The average molecular weight is 185 g/mol. The number of nitriles is 1. The van der Waals surface area contributed by atoms with Gasteiger partial charge in [0.1, 0.15) is 11.5 Å². The fraction of sp³-hybridized carbons (Fsp3) is 0.125. The number of alkyl halides is 2. The number of halogens is 2. The van der Waals surface area contributed by atoms with E-state index in [1.807, 2.05) is 0 Å². The van der Waals surface area contributed by atoms with E-state index < -0.39 is 6.61 Å². The van der Waals surface area contributed by atoms with Gasteiger partial charge in [0.15, 0.2) is 0 Å². The summed E-state index contributed by atoms with van der Waals surface area (Å²) in [7, 11) is 0. The molecule has 0 aliphatic heterocycles. The Morgan fingerprint density at radius 3 is 2.62 bits per heavy atom. The third kappa shape index (κ3) is 2.60. The zero-order chi connectivity index (χ0) is 9.84. The second-order valence-corrected chi connectivity index (χ2v) is 2.21. The van der Waals surface area contributed by atoms with Crippen molar-refractivity contribution in [2.75, 3.05) is 0 Å². The maximum Gasteiger partial charge on any atom is 0.387 e. The molecule has 3 nitrogen and oxygen atoms in total. The maximum absolute atomic E-state index is 11.7. The molecule has 0 bridgehead atoms. The van der Waals surface area contributed by atoms with Crippen molar-refractivity contribution in [3.05, 3.63) is 23.8 Å². The Labute approximate surface area is 72.8 Å². The molecule has 0 atom stereocenters. The normalized spacial score (nSPS) is 9.69. The van der Waals surface area contributed by atoms with Crippen LogP contribution in [0.25, 0.3) is 0 Å². The van der Waals surface area contributed by atoms with Crippen LogP contribution in [0, 0.1) is 11.3 Å². The zero-order valence-corrected chi connectivity index (χ0v) is 6.37. The van der Waals surface area contributed by atoms with E-state index in [0.29, 0.717) is 0 Å². The highest BCUT2D eigenvalue weighted by molar-refractivity contribution is 5.43. The van der Waals surface area contributed by atoms with Crippen molar-refractivity contribution in [1.29, 1.82) is 5.26 Å². The molecule has 68 valence electrons. The van der Waals surface area contributed by atoms with Gasteiger partial charge in [0.2, 0.25) is 0 Å². The summed E-state index contributed by atoms with van der Waals surface area (Å²) in [5.74, 6) is -0.513. The summed E-state index contributed by atoms with van der Waals surface area (Å²) in [6, 6.07) is 4.97. The van der Waals surface area contributed by atoms with Crippen LogP contribution in [-0.2, 0) is 0 Å². The Morgan fingerprint density at radius 2 is 2.08 bits per heavy atom. The third-order valence-corrected chi connectivity index (χ3v) is 1.25. The van der Waals surface area contributed by atoms with Gasteiger partial charge in [-0.15, -0.1) is 0 Å². The maximum atomic E-state index is 11.7. The van der Waals surface area contributed by atoms with Gasteiger partial charge in [0.25, 0.3) is 0 Å². The lowest BCUT2D eigenvalue weighted by Gasteiger charge is -2.04. The number of phenolic OH excluding ortho intramolecular Hbond substituents is 1. The molecule has 0 radical (unpaired) electrons. The largest absolute Gasteiger partial charge is 0.508 e. The minimum Gasteiger partial charge on any atom is -0.508 e. The van der Waals surface area contributed by atoms with E-state index >= 15 is 0 Å². The first-order valence-electron chi connectivity index (χ1n) is 3.31. The molecule has 0 amide bonds. The van der Waals surface area contributed by atoms with Crippen molar-refractivity contribution in [2.24, 2.45) is 0 Å². The van der Waals surface area contributed by atoms with Crippen LogP contribution in [0.2, 0.25) is 0 Å². The summed E-state index contributed by atoms with van der Waals surface area (Å²) < 4.78 is 27.4. The molecule has 13 heavy (non-hydrogen) atoms. The highest BCUT2D eigenvalue weighted by Crippen LogP contribution is 2.22. The molecular formula is C8H5F2NO2. The molecule has 0 fully saturated rings. The number of nitrogens with zero attached hydrogens (tertiary/aromatic N) is 1. The topological polar surface area (TPSA) is 53.2 Å². The van der Waals surface area contributed by atoms with Gasteiger partial charge in [0.05, 0.1) is 11.6 Å². The fourth-order valence-corrected chi connectivity index (χ4v) is 0.819. The number of benzene rings is 1. The number of hydrogen-bond donors (Lipinski definition) is 1. The van der Waals surface area contributed by atoms with Crippen LogP contribution in [0.4, 0.5) is 8.78 Å². The Balaban J connectivity index is 2.96. The van der Waals surface area contributed by atoms with Crippen LogP contribution in [0.3, 0.4) is 0 Å². The van der Waals surface area contributed by atoms with E-state index in [-0.39, 0.29) is 17.1 Å². The van der Waals surface area contributed by atoms with Gasteiger partial charge in [0, 0.05) is 6.07 Å². The van der Waals surface area contributed by atoms with Gasteiger partial charge in [-0.1, -0.05) is 0 Å². The van der Waals surface area contributed by atoms with Crippen LogP contribution in [0.15, 0.2) is 18.2 Å². The Bertz CT molecular complexity index is 346. The van der Waals surface area contributed by atoms with Crippen LogP contribution < -0.4 is 4.74 Å². The molecule has 0 aliphatic rings. The smallest absolute Gasteiger partial charge is 0.387 e. The van der Waals surface area contributed by atoms with Gasteiger partial charge >= 0.3 is 6.61 Å². The highest BCUT2D eigenvalue weighted by Gasteiger charge is 2.06. The zero-order valence-electron chi connectivity index (χ0n) is 6.37. The second kappa shape index (κ2) is 3.72. The third-order valence-electron chi connectivity index (χ3n) is 1.25. The molecule has 0 spiro atoms. The lowest BCUT2D eigenvalue weighted by atomic mass is 10.2. The average Bonchev–Trinajstić information content (AvgIpc) is 2.01. The molecule has 1 aromatic carbocycles. The molecule has 0 saturated heterocycles. The van der Waals surface area contributed by atoms with Crippen LogP contribution >= 0.6 is 0 Å². The van der Waals surface area contributed by atoms with Crippen molar-refractivity contribution >= 4 is 0 Å². The standard InChI is InChI=1S/C8H5F2NO2/c9-8(10)13-7-2-5(4-11)1-6(12)3-7/h1-3,8,12H. The molecule has 1 N–H and O–H groups in total. The summed E-state index contributed by atoms with van der Waals surface area (Å²) in [5, 5.41) is 17.4. The first kappa shape index (κ1) is 9.26. The summed E-state index contributed by atoms with van der Waals surface area (Å²) >= 11 is 0. The van der Waals surface area contributed by atoms with E-state index in [1.165, 1.54) is 0 Å². The molecular weight excluding hydrogens is 180 g/mol. The van der Waals surface area contributed by atoms with E-state index in [2.05, 4.69) is 4.74 Å². The molecule has 5 heteroatoms. The predicted octanol–water partition coefficient (Wildman–Crippen LogP) is 1.87. The Morgan fingerprint density at radius 1 is 1.38 bits per heavy atom. The first-order valence-corrected chi connectivity index (χ1v) is 3.31. The van der Waals surface area contributed by atoms with Gasteiger partial charge in [-0.2, -0.15) is 14.0 Å². The molecule has 0 aliphatic carbocycles. The quantitative estimate of drug-likeness (QED) is 0.765. The van der Waals surface area contributed by atoms with E-state index in [9.17, 15) is 8.78 Å². The Hall–Kier alpha value is -1.83. The summed E-state index contributed by atoms with van der Waals surface area (Å²) in [6.45, 7) is -2.96. The summed E-state index contributed by atoms with van der Waals surface area (Å²) in [4.78, 5) is 0. The Kier molecular flexibility index (Phi) is 2.65. The van der Waals surface area contributed by atoms with E-state index in [4.69, 9.17) is 10.4 Å². The molecule has 1 rings (SSSR count). The van der Waals surface area contributed by atoms with Crippen molar-refractivity contribution in [1.82, 2.24) is 0 Å². The van der Waals surface area contributed by atoms with E-state index in [1.54, 1.807) is 6.07 Å². The SMILES string of the molecule is N#Cc1cc(O)cc(OC(F)F)c1. The molecule has 0 saturated carbocycles. The van der Waals surface area contributed by atoms with Crippen molar-refractivity contribution in [2.45, 2.75) is 6.61 Å². The number of aromatic hydroxyl groups is 1. The molecule has 0 heterocycles. The summed E-state index contributed by atoms with van der Waals surface area (Å²) in [6.07, 6.45) is 0. The van der Waals surface area contributed by atoms with Gasteiger partial charge in [-0.25, -0.2) is 0 Å². The van der Waals surface area contributed by atoms with Gasteiger partial charge in [-0.3, -0.25) is 0 Å². The van der Waals surface area contributed by atoms with Crippen LogP contribution in [-0.4, -0.2) is 11.7 Å². The van der Waals surface area contributed by atoms with Gasteiger partial charge in [-0.05, 0) is 12.1 Å². The lowest BCUT2D eigenvalue weighted by Crippen LogP contribution is -2.01. The highest BCUT2D eigenvalue weighted by atomic mass is 19.3. The van der Waals surface area contributed by atoms with Crippen molar-refractivity contribution in [3.8, 4) is 17.6 Å². The molecule has 1 aromatic rings. The monoisotopic (exact) mass is 185 g/mol. The van der Waals surface area contributed by atoms with Gasteiger partial charge < -0.3 is 9.84 Å². The number of phenols is 1. The van der Waals surface area contributed by atoms with E-state index in [0.717, 1.165) is 18.2 Å². The lowest BCUT2D eigenvalue weighted by molar-refractivity contribution is -0.0499. The molecule has 0 unspecified atom stereocenters. The number of ether oxygens (including phenoxy) is 1. The fourth-order valence-electron chi connectivity index (χ4n) is 0.819. The molecule has 0 aromatic heterocycles. The number of rotatable bonds is 2. The second-order valence-electron chi connectivity index (χ2n) is 2.21. The van der Waals surface area contributed by atoms with Crippen molar-refractivity contribution < 1.29 is 18.6 Å². The minimum atomic E-state index is -2.96. The van der Waals surface area contributed by atoms with Crippen molar-refractivity contribution in [3.63, 3.8) is 0 Å².